The zero-order valence-electron chi connectivity index (χ0n) is 9.59. The molecule has 0 aromatic carbocycles. The average molecular weight is 251 g/mol. The number of rotatable bonds is 5. The minimum absolute atomic E-state index is 0.0813. The van der Waals surface area contributed by atoms with Crippen LogP contribution in [0.5, 0.6) is 0 Å². The van der Waals surface area contributed by atoms with Crippen LogP contribution in [0.3, 0.4) is 0 Å². The SMILES string of the molecule is CS(=O)(=O)C1CCCC(NC(CO)CO)C1. The first-order chi connectivity index (χ1) is 7.47. The van der Waals surface area contributed by atoms with Gasteiger partial charge in [0.1, 0.15) is 9.84 Å². The molecule has 0 spiro atoms. The Bertz CT molecular complexity index is 300. The second-order valence-corrected chi connectivity index (χ2v) is 6.87. The minimum Gasteiger partial charge on any atom is -0.395 e. The quantitative estimate of drug-likeness (QED) is 0.600. The maximum atomic E-state index is 11.4. The Morgan fingerprint density at radius 1 is 1.31 bits per heavy atom. The molecule has 0 amide bonds. The van der Waals surface area contributed by atoms with E-state index in [0.29, 0.717) is 6.42 Å². The predicted octanol–water partition coefficient (Wildman–Crippen LogP) is -0.715. The molecule has 0 heterocycles. The standard InChI is InChI=1S/C10H21NO4S/c1-16(14,15)10-4-2-3-8(5-10)11-9(6-12)7-13/h8-13H,2-7H2,1H3. The highest BCUT2D eigenvalue weighted by molar-refractivity contribution is 7.91. The highest BCUT2D eigenvalue weighted by Crippen LogP contribution is 2.24. The van der Waals surface area contributed by atoms with Gasteiger partial charge in [-0.05, 0) is 19.3 Å². The van der Waals surface area contributed by atoms with Crippen molar-refractivity contribution in [3.05, 3.63) is 0 Å². The largest absolute Gasteiger partial charge is 0.395 e. The molecule has 1 fully saturated rings. The molecule has 96 valence electrons. The second-order valence-electron chi connectivity index (χ2n) is 4.54. The first-order valence-corrected chi connectivity index (χ1v) is 7.59. The summed E-state index contributed by atoms with van der Waals surface area (Å²) in [5.74, 6) is 0. The van der Waals surface area contributed by atoms with Crippen molar-refractivity contribution in [1.29, 1.82) is 0 Å². The van der Waals surface area contributed by atoms with E-state index in [-0.39, 0.29) is 30.5 Å². The molecule has 1 saturated carbocycles. The van der Waals surface area contributed by atoms with Gasteiger partial charge in [-0.15, -0.1) is 0 Å². The van der Waals surface area contributed by atoms with Crippen molar-refractivity contribution in [3.63, 3.8) is 0 Å². The van der Waals surface area contributed by atoms with E-state index < -0.39 is 9.84 Å². The molecule has 0 aromatic heterocycles. The fourth-order valence-electron chi connectivity index (χ4n) is 2.18. The Labute approximate surface area is 96.8 Å². The normalized spacial score (nSPS) is 27.2. The fraction of sp³-hybridized carbons (Fsp3) is 1.00. The molecule has 1 aliphatic rings. The van der Waals surface area contributed by atoms with Gasteiger partial charge in [-0.2, -0.15) is 0 Å². The maximum Gasteiger partial charge on any atom is 0.150 e. The Hall–Kier alpha value is -0.170. The van der Waals surface area contributed by atoms with E-state index in [9.17, 15) is 8.42 Å². The van der Waals surface area contributed by atoms with Gasteiger partial charge in [0.25, 0.3) is 0 Å². The van der Waals surface area contributed by atoms with E-state index in [1.54, 1.807) is 0 Å². The van der Waals surface area contributed by atoms with Crippen molar-refractivity contribution in [2.75, 3.05) is 19.5 Å². The van der Waals surface area contributed by atoms with Crippen LogP contribution < -0.4 is 5.32 Å². The molecule has 1 aliphatic carbocycles. The lowest BCUT2D eigenvalue weighted by molar-refractivity contribution is 0.155. The Balaban J connectivity index is 2.51. The summed E-state index contributed by atoms with van der Waals surface area (Å²) in [5, 5.41) is 20.7. The molecular formula is C10H21NO4S. The predicted molar refractivity (Wildman–Crippen MR) is 62.0 cm³/mol. The third kappa shape index (κ3) is 4.01. The summed E-state index contributed by atoms with van der Waals surface area (Å²) in [5.41, 5.74) is 0. The first-order valence-electron chi connectivity index (χ1n) is 5.64. The van der Waals surface area contributed by atoms with Crippen molar-refractivity contribution < 1.29 is 18.6 Å². The summed E-state index contributed by atoms with van der Waals surface area (Å²) in [4.78, 5) is 0. The van der Waals surface area contributed by atoms with Crippen LogP contribution in [-0.4, -0.2) is 55.4 Å². The van der Waals surface area contributed by atoms with Crippen LogP contribution in [0, 0.1) is 0 Å². The first kappa shape index (κ1) is 13.9. The third-order valence-electron chi connectivity index (χ3n) is 3.14. The fourth-order valence-corrected chi connectivity index (χ4v) is 3.36. The topological polar surface area (TPSA) is 86.6 Å². The molecule has 0 saturated heterocycles. The van der Waals surface area contributed by atoms with E-state index in [4.69, 9.17) is 10.2 Å². The van der Waals surface area contributed by atoms with Crippen molar-refractivity contribution >= 4 is 9.84 Å². The van der Waals surface area contributed by atoms with Crippen LogP contribution in [-0.2, 0) is 9.84 Å². The van der Waals surface area contributed by atoms with Gasteiger partial charge in [0.05, 0.1) is 24.5 Å². The van der Waals surface area contributed by atoms with Gasteiger partial charge < -0.3 is 15.5 Å². The van der Waals surface area contributed by atoms with Gasteiger partial charge >= 0.3 is 0 Å². The zero-order valence-corrected chi connectivity index (χ0v) is 10.4. The molecule has 0 radical (unpaired) electrons. The summed E-state index contributed by atoms with van der Waals surface area (Å²) >= 11 is 0. The summed E-state index contributed by atoms with van der Waals surface area (Å²) in [7, 11) is -2.97. The lowest BCUT2D eigenvalue weighted by atomic mass is 9.94. The highest BCUT2D eigenvalue weighted by Gasteiger charge is 2.29. The molecule has 3 N–H and O–H groups in total. The molecule has 6 heteroatoms. The lowest BCUT2D eigenvalue weighted by Gasteiger charge is -2.31. The van der Waals surface area contributed by atoms with Crippen molar-refractivity contribution in [2.24, 2.45) is 0 Å². The number of aliphatic hydroxyl groups is 2. The third-order valence-corrected chi connectivity index (χ3v) is 4.78. The van der Waals surface area contributed by atoms with E-state index in [1.807, 2.05) is 0 Å². The Morgan fingerprint density at radius 3 is 2.44 bits per heavy atom. The van der Waals surface area contributed by atoms with E-state index in [0.717, 1.165) is 19.3 Å². The van der Waals surface area contributed by atoms with E-state index >= 15 is 0 Å². The van der Waals surface area contributed by atoms with Crippen LogP contribution >= 0.6 is 0 Å². The lowest BCUT2D eigenvalue weighted by Crippen LogP contribution is -2.46. The average Bonchev–Trinajstić information content (AvgIpc) is 2.25. The van der Waals surface area contributed by atoms with E-state index in [2.05, 4.69) is 5.32 Å². The molecule has 0 aromatic rings. The highest BCUT2D eigenvalue weighted by atomic mass is 32.2. The number of hydrogen-bond donors (Lipinski definition) is 3. The molecule has 0 aliphatic heterocycles. The van der Waals surface area contributed by atoms with Crippen LogP contribution in [0.15, 0.2) is 0 Å². The van der Waals surface area contributed by atoms with Gasteiger partial charge in [-0.1, -0.05) is 6.42 Å². The smallest absolute Gasteiger partial charge is 0.150 e. The summed E-state index contributed by atoms with van der Waals surface area (Å²) in [6.07, 6.45) is 4.35. The van der Waals surface area contributed by atoms with Gasteiger partial charge in [-0.3, -0.25) is 0 Å². The minimum atomic E-state index is -2.97. The number of hydrogen-bond acceptors (Lipinski definition) is 5. The second kappa shape index (κ2) is 5.95. The molecule has 5 nitrogen and oxygen atoms in total. The monoisotopic (exact) mass is 251 g/mol. The Kier molecular flexibility index (Phi) is 5.17. The molecule has 16 heavy (non-hydrogen) atoms. The van der Waals surface area contributed by atoms with Crippen molar-refractivity contribution in [3.8, 4) is 0 Å². The summed E-state index contributed by atoms with van der Waals surface area (Å²) in [6, 6.07) is -0.263. The van der Waals surface area contributed by atoms with Gasteiger partial charge in [0.2, 0.25) is 0 Å². The van der Waals surface area contributed by atoms with Crippen LogP contribution in [0.25, 0.3) is 0 Å². The number of nitrogens with one attached hydrogen (secondary N) is 1. The molecule has 2 unspecified atom stereocenters. The zero-order chi connectivity index (χ0) is 12.2. The maximum absolute atomic E-state index is 11.4. The van der Waals surface area contributed by atoms with Crippen LogP contribution in [0.2, 0.25) is 0 Å². The summed E-state index contributed by atoms with van der Waals surface area (Å²) in [6.45, 7) is -0.257. The van der Waals surface area contributed by atoms with Crippen LogP contribution in [0.4, 0.5) is 0 Å². The number of sulfone groups is 1. The number of aliphatic hydroxyl groups excluding tert-OH is 2. The Morgan fingerprint density at radius 2 is 1.94 bits per heavy atom. The van der Waals surface area contributed by atoms with E-state index in [1.165, 1.54) is 6.26 Å². The molecule has 0 bridgehead atoms. The molecule has 2 atom stereocenters. The summed E-state index contributed by atoms with van der Waals surface area (Å²) < 4.78 is 22.9. The van der Waals surface area contributed by atoms with Gasteiger partial charge in [0, 0.05) is 12.3 Å². The van der Waals surface area contributed by atoms with Crippen LogP contribution in [0.1, 0.15) is 25.7 Å². The van der Waals surface area contributed by atoms with Gasteiger partial charge in [-0.25, -0.2) is 8.42 Å². The van der Waals surface area contributed by atoms with Gasteiger partial charge in [0.15, 0.2) is 0 Å². The van der Waals surface area contributed by atoms with Crippen molar-refractivity contribution in [1.82, 2.24) is 5.32 Å². The molecule has 1 rings (SSSR count). The van der Waals surface area contributed by atoms with Crippen molar-refractivity contribution in [2.45, 2.75) is 43.0 Å². The molecular weight excluding hydrogens is 230 g/mol.